The molecule has 0 aromatic rings. The largest absolute Gasteiger partial charge is 0.337 e. The smallest absolute Gasteiger partial charge is 0.242 e. The molecule has 2 N–H and O–H groups in total. The van der Waals surface area contributed by atoms with Crippen molar-refractivity contribution >= 4 is 5.91 Å². The van der Waals surface area contributed by atoms with Crippen molar-refractivity contribution in [3.63, 3.8) is 0 Å². The molecule has 0 aliphatic heterocycles. The van der Waals surface area contributed by atoms with E-state index in [9.17, 15) is 4.79 Å². The van der Waals surface area contributed by atoms with Crippen molar-refractivity contribution in [1.29, 1.82) is 0 Å². The van der Waals surface area contributed by atoms with E-state index in [4.69, 9.17) is 5.73 Å². The normalized spacial score (nSPS) is 20.1. The lowest BCUT2D eigenvalue weighted by molar-refractivity contribution is -0.135. The van der Waals surface area contributed by atoms with Gasteiger partial charge in [0.15, 0.2) is 0 Å². The standard InChI is InChI=1S/C11H23N3O/c1-5-14(9(2)8-13(3)4)10(15)11(12)6-7-11/h9H,5-8,12H2,1-4H3. The number of carbonyl (C=O) groups excluding carboxylic acids is 1. The molecule has 0 bridgehead atoms. The van der Waals surface area contributed by atoms with Crippen LogP contribution in [-0.4, -0.2) is 54.5 Å². The van der Waals surface area contributed by atoms with Gasteiger partial charge in [0.1, 0.15) is 0 Å². The van der Waals surface area contributed by atoms with Gasteiger partial charge in [-0.25, -0.2) is 0 Å². The molecule has 1 atom stereocenters. The van der Waals surface area contributed by atoms with Crippen molar-refractivity contribution in [1.82, 2.24) is 9.80 Å². The van der Waals surface area contributed by atoms with Gasteiger partial charge in [0.05, 0.1) is 5.54 Å². The number of carbonyl (C=O) groups is 1. The van der Waals surface area contributed by atoms with Crippen LogP contribution >= 0.6 is 0 Å². The van der Waals surface area contributed by atoms with Crippen molar-refractivity contribution < 1.29 is 4.79 Å². The Balaban J connectivity index is 2.58. The van der Waals surface area contributed by atoms with Crippen LogP contribution in [0.2, 0.25) is 0 Å². The molecule has 1 unspecified atom stereocenters. The average Bonchev–Trinajstić information content (AvgIpc) is 2.84. The van der Waals surface area contributed by atoms with E-state index in [2.05, 4.69) is 11.8 Å². The first-order valence-corrected chi connectivity index (χ1v) is 5.65. The molecule has 1 amide bonds. The third-order valence-corrected chi connectivity index (χ3v) is 2.98. The van der Waals surface area contributed by atoms with E-state index in [1.54, 1.807) is 0 Å². The molecule has 0 saturated heterocycles. The van der Waals surface area contributed by atoms with Gasteiger partial charge >= 0.3 is 0 Å². The molecule has 0 radical (unpaired) electrons. The van der Waals surface area contributed by atoms with Crippen LogP contribution in [0.5, 0.6) is 0 Å². The Morgan fingerprint density at radius 1 is 1.47 bits per heavy atom. The molecule has 0 aromatic carbocycles. The number of amides is 1. The predicted octanol–water partition coefficient (Wildman–Crippen LogP) is 0.276. The predicted molar refractivity (Wildman–Crippen MR) is 61.6 cm³/mol. The summed E-state index contributed by atoms with van der Waals surface area (Å²) in [4.78, 5) is 16.1. The van der Waals surface area contributed by atoms with Crippen molar-refractivity contribution in [3.05, 3.63) is 0 Å². The van der Waals surface area contributed by atoms with Crippen LogP contribution < -0.4 is 5.73 Å². The van der Waals surface area contributed by atoms with Crippen LogP contribution in [0.15, 0.2) is 0 Å². The Hall–Kier alpha value is -0.610. The van der Waals surface area contributed by atoms with E-state index in [0.29, 0.717) is 0 Å². The summed E-state index contributed by atoms with van der Waals surface area (Å²) in [6.07, 6.45) is 1.69. The molecule has 1 rings (SSSR count). The highest BCUT2D eigenvalue weighted by Crippen LogP contribution is 2.34. The molecule has 1 aliphatic rings. The van der Waals surface area contributed by atoms with Crippen LogP contribution in [0.1, 0.15) is 26.7 Å². The van der Waals surface area contributed by atoms with Gasteiger partial charge in [-0.3, -0.25) is 4.79 Å². The van der Waals surface area contributed by atoms with Gasteiger partial charge in [-0.15, -0.1) is 0 Å². The van der Waals surface area contributed by atoms with E-state index >= 15 is 0 Å². The summed E-state index contributed by atoms with van der Waals surface area (Å²) in [6, 6.07) is 0.235. The van der Waals surface area contributed by atoms with Crippen LogP contribution in [0, 0.1) is 0 Å². The third kappa shape index (κ3) is 2.92. The fraction of sp³-hybridized carbons (Fsp3) is 0.909. The second-order valence-electron chi connectivity index (χ2n) is 4.86. The lowest BCUT2D eigenvalue weighted by Gasteiger charge is -2.32. The van der Waals surface area contributed by atoms with Gasteiger partial charge in [-0.1, -0.05) is 0 Å². The Kier molecular flexibility index (Phi) is 3.73. The fourth-order valence-corrected chi connectivity index (χ4v) is 1.92. The minimum Gasteiger partial charge on any atom is -0.337 e. The SMILES string of the molecule is CCN(C(=O)C1(N)CC1)C(C)CN(C)C. The van der Waals surface area contributed by atoms with E-state index in [0.717, 1.165) is 25.9 Å². The van der Waals surface area contributed by atoms with E-state index in [1.807, 2.05) is 25.9 Å². The quantitative estimate of drug-likeness (QED) is 0.713. The van der Waals surface area contributed by atoms with E-state index in [1.165, 1.54) is 0 Å². The summed E-state index contributed by atoms with van der Waals surface area (Å²) in [7, 11) is 4.04. The monoisotopic (exact) mass is 213 g/mol. The second-order valence-corrected chi connectivity index (χ2v) is 4.86. The highest BCUT2D eigenvalue weighted by molar-refractivity contribution is 5.89. The van der Waals surface area contributed by atoms with Crippen molar-refractivity contribution in [2.45, 2.75) is 38.3 Å². The van der Waals surface area contributed by atoms with Crippen LogP contribution in [0.4, 0.5) is 0 Å². The zero-order valence-corrected chi connectivity index (χ0v) is 10.3. The van der Waals surface area contributed by atoms with Gasteiger partial charge in [0, 0.05) is 19.1 Å². The van der Waals surface area contributed by atoms with Crippen LogP contribution in [0.3, 0.4) is 0 Å². The molecule has 4 nitrogen and oxygen atoms in total. The molecule has 15 heavy (non-hydrogen) atoms. The van der Waals surface area contributed by atoms with Crippen molar-refractivity contribution in [2.24, 2.45) is 5.73 Å². The highest BCUT2D eigenvalue weighted by atomic mass is 16.2. The van der Waals surface area contributed by atoms with Gasteiger partial charge in [0.25, 0.3) is 0 Å². The Bertz CT molecular complexity index is 236. The summed E-state index contributed by atoms with van der Waals surface area (Å²) >= 11 is 0. The fourth-order valence-electron chi connectivity index (χ4n) is 1.92. The summed E-state index contributed by atoms with van der Waals surface area (Å²) in [6.45, 7) is 5.71. The Morgan fingerprint density at radius 3 is 2.33 bits per heavy atom. The van der Waals surface area contributed by atoms with E-state index < -0.39 is 5.54 Å². The Labute approximate surface area is 92.4 Å². The number of likely N-dealkylation sites (N-methyl/N-ethyl adjacent to an activating group) is 2. The lowest BCUT2D eigenvalue weighted by Crippen LogP contribution is -2.51. The number of hydrogen-bond acceptors (Lipinski definition) is 3. The zero-order chi connectivity index (χ0) is 11.6. The van der Waals surface area contributed by atoms with Gasteiger partial charge in [-0.2, -0.15) is 0 Å². The van der Waals surface area contributed by atoms with Gasteiger partial charge in [0.2, 0.25) is 5.91 Å². The molecule has 4 heteroatoms. The van der Waals surface area contributed by atoms with Crippen molar-refractivity contribution in [3.8, 4) is 0 Å². The minimum atomic E-state index is -0.531. The summed E-state index contributed by atoms with van der Waals surface area (Å²) in [5.74, 6) is 0.124. The second kappa shape index (κ2) is 4.49. The Morgan fingerprint density at radius 2 is 2.00 bits per heavy atom. The molecular weight excluding hydrogens is 190 g/mol. The maximum absolute atomic E-state index is 12.1. The highest BCUT2D eigenvalue weighted by Gasteiger charge is 2.48. The molecule has 0 aromatic heterocycles. The summed E-state index contributed by atoms with van der Waals surface area (Å²) < 4.78 is 0. The topological polar surface area (TPSA) is 49.6 Å². The number of nitrogens with two attached hydrogens (primary N) is 1. The third-order valence-electron chi connectivity index (χ3n) is 2.98. The maximum Gasteiger partial charge on any atom is 0.242 e. The molecule has 1 aliphatic carbocycles. The molecule has 88 valence electrons. The van der Waals surface area contributed by atoms with E-state index in [-0.39, 0.29) is 11.9 Å². The molecule has 1 fully saturated rings. The summed E-state index contributed by atoms with van der Waals surface area (Å²) in [5, 5.41) is 0. The first-order valence-electron chi connectivity index (χ1n) is 5.65. The van der Waals surface area contributed by atoms with Crippen molar-refractivity contribution in [2.75, 3.05) is 27.2 Å². The molecule has 1 saturated carbocycles. The lowest BCUT2D eigenvalue weighted by atomic mass is 10.2. The molecule has 0 heterocycles. The maximum atomic E-state index is 12.1. The first-order chi connectivity index (χ1) is 6.90. The average molecular weight is 213 g/mol. The summed E-state index contributed by atoms with van der Waals surface area (Å²) in [5.41, 5.74) is 5.40. The minimum absolute atomic E-state index is 0.124. The number of rotatable bonds is 5. The molecular formula is C11H23N3O. The van der Waals surface area contributed by atoms with Crippen LogP contribution in [0.25, 0.3) is 0 Å². The number of nitrogens with zero attached hydrogens (tertiary/aromatic N) is 2. The van der Waals surface area contributed by atoms with Gasteiger partial charge in [-0.05, 0) is 40.8 Å². The zero-order valence-electron chi connectivity index (χ0n) is 10.3. The number of hydrogen-bond donors (Lipinski definition) is 1. The van der Waals surface area contributed by atoms with Gasteiger partial charge < -0.3 is 15.5 Å². The first kappa shape index (κ1) is 12.5. The van der Waals surface area contributed by atoms with Crippen LogP contribution in [-0.2, 0) is 4.79 Å². The molecule has 0 spiro atoms.